The van der Waals surface area contributed by atoms with Crippen LogP contribution in [0.5, 0.6) is 0 Å². The summed E-state index contributed by atoms with van der Waals surface area (Å²) in [5.41, 5.74) is 13.0. The zero-order chi connectivity index (χ0) is 17.1. The summed E-state index contributed by atoms with van der Waals surface area (Å²) in [4.78, 5) is 23.5. The van der Waals surface area contributed by atoms with E-state index in [0.717, 1.165) is 5.56 Å². The molecule has 24 heavy (non-hydrogen) atoms. The zero-order valence-electron chi connectivity index (χ0n) is 12.7. The molecule has 1 heterocycles. The van der Waals surface area contributed by atoms with E-state index in [-0.39, 0.29) is 17.3 Å². The summed E-state index contributed by atoms with van der Waals surface area (Å²) in [6, 6.07) is 16.2. The molecule has 0 aliphatic heterocycles. The van der Waals surface area contributed by atoms with Crippen LogP contribution >= 0.6 is 0 Å². The number of hydrogen-bond donors (Lipinski definition) is 2. The Bertz CT molecular complexity index is 885. The fourth-order valence-corrected chi connectivity index (χ4v) is 2.30. The molecule has 0 aliphatic rings. The van der Waals surface area contributed by atoms with Crippen LogP contribution in [0.15, 0.2) is 54.6 Å². The highest BCUT2D eigenvalue weighted by Crippen LogP contribution is 2.14. The lowest BCUT2D eigenvalue weighted by atomic mass is 10.0. The molecule has 1 aromatic heterocycles. The normalized spacial score (nSPS) is 10.5. The first kappa shape index (κ1) is 15.4. The van der Waals surface area contributed by atoms with Crippen LogP contribution < -0.4 is 11.5 Å². The third-order valence-corrected chi connectivity index (χ3v) is 3.59. The molecule has 0 atom stereocenters. The maximum Gasteiger partial charge on any atom is 0.273 e. The van der Waals surface area contributed by atoms with Gasteiger partial charge in [-0.3, -0.25) is 9.59 Å². The molecule has 0 unspecified atom stereocenters. The lowest BCUT2D eigenvalue weighted by Gasteiger charge is -2.05. The quantitative estimate of drug-likeness (QED) is 0.686. The lowest BCUT2D eigenvalue weighted by molar-refractivity contribution is 0.0994. The molecule has 0 aliphatic carbocycles. The number of rotatable bonds is 5. The molecule has 0 saturated carbocycles. The van der Waals surface area contributed by atoms with E-state index in [0.29, 0.717) is 17.7 Å². The predicted molar refractivity (Wildman–Crippen MR) is 88.4 cm³/mol. The number of nitrogens with zero attached hydrogens (tertiary/aromatic N) is 3. The van der Waals surface area contributed by atoms with Crippen molar-refractivity contribution in [2.45, 2.75) is 6.54 Å². The predicted octanol–water partition coefficient (Wildman–Crippen LogP) is 1.24. The first-order chi connectivity index (χ1) is 11.6. The highest BCUT2D eigenvalue weighted by atomic mass is 16.1. The van der Waals surface area contributed by atoms with Gasteiger partial charge in [0.25, 0.3) is 5.91 Å². The lowest BCUT2D eigenvalue weighted by Crippen LogP contribution is -2.15. The molecule has 120 valence electrons. The summed E-state index contributed by atoms with van der Waals surface area (Å²) in [6.45, 7) is 0.325. The number of nitrogens with two attached hydrogens (primary N) is 2. The van der Waals surface area contributed by atoms with E-state index in [1.807, 2.05) is 18.2 Å². The summed E-state index contributed by atoms with van der Waals surface area (Å²) in [7, 11) is 0. The number of hydrogen-bond acceptors (Lipinski definition) is 5. The van der Waals surface area contributed by atoms with Crippen molar-refractivity contribution in [3.8, 4) is 0 Å². The fourth-order valence-electron chi connectivity index (χ4n) is 2.30. The van der Waals surface area contributed by atoms with Crippen LogP contribution in [0.4, 0.5) is 5.82 Å². The van der Waals surface area contributed by atoms with Crippen molar-refractivity contribution in [2.75, 3.05) is 5.73 Å². The van der Waals surface area contributed by atoms with Crippen molar-refractivity contribution in [3.63, 3.8) is 0 Å². The minimum atomic E-state index is -0.720. The first-order valence-electron chi connectivity index (χ1n) is 7.23. The van der Waals surface area contributed by atoms with Crippen LogP contribution in [-0.4, -0.2) is 26.7 Å². The number of carbonyl (C=O) groups is 2. The molecule has 0 radical (unpaired) electrons. The third-order valence-electron chi connectivity index (χ3n) is 3.59. The number of ketones is 1. The van der Waals surface area contributed by atoms with Crippen molar-refractivity contribution in [3.05, 3.63) is 77.0 Å². The summed E-state index contributed by atoms with van der Waals surface area (Å²) in [5, 5.41) is 7.47. The molecule has 1 amide bonds. The summed E-state index contributed by atoms with van der Waals surface area (Å²) < 4.78 is 1.38. The van der Waals surface area contributed by atoms with Gasteiger partial charge in [-0.05, 0) is 5.56 Å². The molecule has 3 rings (SSSR count). The summed E-state index contributed by atoms with van der Waals surface area (Å²) >= 11 is 0. The van der Waals surface area contributed by atoms with Crippen LogP contribution in [0.25, 0.3) is 0 Å². The van der Waals surface area contributed by atoms with E-state index in [9.17, 15) is 9.59 Å². The standard InChI is InChI=1S/C17H15N5O2/c18-16-14(17(19)24)20-21-22(16)10-11-6-8-13(9-7-11)15(23)12-4-2-1-3-5-12/h1-9H,10,18H2,(H2,19,24). The van der Waals surface area contributed by atoms with Crippen LogP contribution in [0.2, 0.25) is 0 Å². The van der Waals surface area contributed by atoms with Crippen LogP contribution in [-0.2, 0) is 6.54 Å². The molecule has 4 N–H and O–H groups in total. The van der Waals surface area contributed by atoms with Gasteiger partial charge < -0.3 is 11.5 Å². The summed E-state index contributed by atoms with van der Waals surface area (Å²) in [6.07, 6.45) is 0. The van der Waals surface area contributed by atoms with Gasteiger partial charge in [0.15, 0.2) is 17.3 Å². The minimum Gasteiger partial charge on any atom is -0.382 e. The molecule has 0 bridgehead atoms. The third kappa shape index (κ3) is 3.00. The Morgan fingerprint density at radius 2 is 1.58 bits per heavy atom. The molecule has 7 nitrogen and oxygen atoms in total. The fraction of sp³-hybridized carbons (Fsp3) is 0.0588. The largest absolute Gasteiger partial charge is 0.382 e. The van der Waals surface area contributed by atoms with Gasteiger partial charge in [0.1, 0.15) is 0 Å². The van der Waals surface area contributed by atoms with Gasteiger partial charge in [-0.1, -0.05) is 59.8 Å². The maximum atomic E-state index is 12.3. The first-order valence-corrected chi connectivity index (χ1v) is 7.23. The topological polar surface area (TPSA) is 117 Å². The Hall–Kier alpha value is -3.48. The maximum absolute atomic E-state index is 12.3. The van der Waals surface area contributed by atoms with Crippen LogP contribution in [0.3, 0.4) is 0 Å². The molecule has 2 aromatic carbocycles. The van der Waals surface area contributed by atoms with Gasteiger partial charge in [0.2, 0.25) is 0 Å². The van der Waals surface area contributed by atoms with Crippen molar-refractivity contribution in [2.24, 2.45) is 5.73 Å². The number of nitrogen functional groups attached to an aromatic ring is 1. The van der Waals surface area contributed by atoms with Crippen LogP contribution in [0.1, 0.15) is 32.0 Å². The van der Waals surface area contributed by atoms with Crippen LogP contribution in [0, 0.1) is 0 Å². The Morgan fingerprint density at radius 3 is 2.17 bits per heavy atom. The molecule has 7 heteroatoms. The number of aromatic nitrogens is 3. The van der Waals surface area contributed by atoms with E-state index in [1.165, 1.54) is 4.68 Å². The number of benzene rings is 2. The molecular formula is C17H15N5O2. The van der Waals surface area contributed by atoms with E-state index in [2.05, 4.69) is 10.3 Å². The van der Waals surface area contributed by atoms with E-state index < -0.39 is 5.91 Å². The molecule has 0 saturated heterocycles. The molecule has 0 fully saturated rings. The Morgan fingerprint density at radius 1 is 0.958 bits per heavy atom. The van der Waals surface area contributed by atoms with E-state index in [1.54, 1.807) is 36.4 Å². The Kier molecular flexibility index (Phi) is 4.07. The average molecular weight is 321 g/mol. The monoisotopic (exact) mass is 321 g/mol. The Balaban J connectivity index is 1.78. The second-order valence-electron chi connectivity index (χ2n) is 5.24. The second-order valence-corrected chi connectivity index (χ2v) is 5.24. The van der Waals surface area contributed by atoms with Crippen molar-refractivity contribution in [1.82, 2.24) is 15.0 Å². The van der Waals surface area contributed by atoms with Gasteiger partial charge in [0.05, 0.1) is 6.54 Å². The highest BCUT2D eigenvalue weighted by molar-refractivity contribution is 6.08. The SMILES string of the molecule is NC(=O)c1nnn(Cc2ccc(C(=O)c3ccccc3)cc2)c1N. The minimum absolute atomic E-state index is 0.0431. The van der Waals surface area contributed by atoms with Gasteiger partial charge in [-0.15, -0.1) is 5.10 Å². The molecule has 3 aromatic rings. The molecular weight excluding hydrogens is 306 g/mol. The summed E-state index contributed by atoms with van der Waals surface area (Å²) in [5.74, 6) is -0.645. The van der Waals surface area contributed by atoms with Gasteiger partial charge in [-0.25, -0.2) is 4.68 Å². The van der Waals surface area contributed by atoms with Crippen molar-refractivity contribution < 1.29 is 9.59 Å². The number of carbonyl (C=O) groups excluding carboxylic acids is 2. The smallest absolute Gasteiger partial charge is 0.273 e. The second kappa shape index (κ2) is 6.33. The number of primary amides is 1. The van der Waals surface area contributed by atoms with Crippen molar-refractivity contribution >= 4 is 17.5 Å². The van der Waals surface area contributed by atoms with Gasteiger partial charge >= 0.3 is 0 Å². The van der Waals surface area contributed by atoms with E-state index >= 15 is 0 Å². The van der Waals surface area contributed by atoms with E-state index in [4.69, 9.17) is 11.5 Å². The van der Waals surface area contributed by atoms with Gasteiger partial charge in [0, 0.05) is 11.1 Å². The molecule has 0 spiro atoms. The average Bonchev–Trinajstić information content (AvgIpc) is 2.96. The van der Waals surface area contributed by atoms with Gasteiger partial charge in [-0.2, -0.15) is 0 Å². The Labute approximate surface area is 137 Å². The van der Waals surface area contributed by atoms with Crippen molar-refractivity contribution in [1.29, 1.82) is 0 Å². The zero-order valence-corrected chi connectivity index (χ0v) is 12.7. The highest BCUT2D eigenvalue weighted by Gasteiger charge is 2.14. The number of amides is 1. The number of anilines is 1.